The molecule has 2 amide bonds. The van der Waals surface area contributed by atoms with Gasteiger partial charge in [-0.05, 0) is 57.5 Å². The summed E-state index contributed by atoms with van der Waals surface area (Å²) in [6.07, 6.45) is 0. The second kappa shape index (κ2) is 9.99. The zero-order valence-electron chi connectivity index (χ0n) is 17.0. The van der Waals surface area contributed by atoms with E-state index in [0.717, 1.165) is 5.56 Å². The van der Waals surface area contributed by atoms with Crippen LogP contribution in [0.2, 0.25) is 10.0 Å². The van der Waals surface area contributed by atoms with Gasteiger partial charge in [-0.3, -0.25) is 9.59 Å². The van der Waals surface area contributed by atoms with Crippen LogP contribution in [-0.4, -0.2) is 34.9 Å². The summed E-state index contributed by atoms with van der Waals surface area (Å²) in [6, 6.07) is 13.3. The first-order valence-electron chi connectivity index (χ1n) is 9.30. The fourth-order valence-corrected chi connectivity index (χ4v) is 3.03. The maximum Gasteiger partial charge on any atom is 0.261 e. The van der Waals surface area contributed by atoms with Crippen molar-refractivity contribution in [2.24, 2.45) is 0 Å². The van der Waals surface area contributed by atoms with Gasteiger partial charge in [0.15, 0.2) is 6.61 Å². The smallest absolute Gasteiger partial charge is 0.261 e. The van der Waals surface area contributed by atoms with E-state index in [0.29, 0.717) is 15.8 Å². The highest BCUT2D eigenvalue weighted by Gasteiger charge is 2.29. The van der Waals surface area contributed by atoms with Gasteiger partial charge in [0.05, 0.1) is 0 Å². The average molecular weight is 437 g/mol. The maximum absolute atomic E-state index is 13.0. The number of nitrogens with one attached hydrogen (secondary N) is 1. The van der Waals surface area contributed by atoms with Gasteiger partial charge in [0.25, 0.3) is 5.91 Å². The Morgan fingerprint density at radius 3 is 2.41 bits per heavy atom. The monoisotopic (exact) mass is 436 g/mol. The van der Waals surface area contributed by atoms with E-state index < -0.39 is 11.6 Å². The molecule has 2 rings (SSSR count). The third-order valence-corrected chi connectivity index (χ3v) is 4.73. The molecule has 0 spiro atoms. The number of hydrogen-bond donors (Lipinski definition) is 1. The van der Waals surface area contributed by atoms with Crippen molar-refractivity contribution in [3.05, 3.63) is 64.1 Å². The quantitative estimate of drug-likeness (QED) is 0.683. The lowest BCUT2D eigenvalue weighted by Crippen LogP contribution is -2.53. The van der Waals surface area contributed by atoms with E-state index in [1.807, 2.05) is 39.0 Å². The van der Waals surface area contributed by atoms with Gasteiger partial charge in [0.2, 0.25) is 5.91 Å². The van der Waals surface area contributed by atoms with Crippen LogP contribution in [0.1, 0.15) is 33.3 Å². The average Bonchev–Trinajstić information content (AvgIpc) is 2.63. The molecule has 0 saturated heterocycles. The summed E-state index contributed by atoms with van der Waals surface area (Å²) in [6.45, 7) is 7.32. The molecule has 0 heterocycles. The first kappa shape index (κ1) is 23.0. The van der Waals surface area contributed by atoms with Crippen molar-refractivity contribution in [1.29, 1.82) is 0 Å². The van der Waals surface area contributed by atoms with Crippen molar-refractivity contribution >= 4 is 35.0 Å². The van der Waals surface area contributed by atoms with Crippen LogP contribution in [0.4, 0.5) is 0 Å². The third kappa shape index (κ3) is 7.26. The number of amides is 2. The predicted molar refractivity (Wildman–Crippen MR) is 116 cm³/mol. The molecule has 0 aliphatic rings. The van der Waals surface area contributed by atoms with Crippen LogP contribution in [0.15, 0.2) is 48.5 Å². The molecule has 1 atom stereocenters. The van der Waals surface area contributed by atoms with E-state index in [1.165, 1.54) is 4.90 Å². The SMILES string of the molecule is C[C@@H](C(=O)NC(C)(C)C)N(Cc1ccccc1Cl)C(=O)COc1cccc(Cl)c1. The Morgan fingerprint density at radius 2 is 1.79 bits per heavy atom. The van der Waals surface area contributed by atoms with Crippen molar-refractivity contribution in [2.45, 2.75) is 45.8 Å². The molecule has 2 aromatic carbocycles. The Bertz CT molecular complexity index is 865. The molecule has 29 heavy (non-hydrogen) atoms. The number of nitrogens with zero attached hydrogens (tertiary/aromatic N) is 1. The van der Waals surface area contributed by atoms with E-state index in [4.69, 9.17) is 27.9 Å². The number of carbonyl (C=O) groups excluding carboxylic acids is 2. The van der Waals surface area contributed by atoms with Crippen molar-refractivity contribution in [3.8, 4) is 5.75 Å². The summed E-state index contributed by atoms with van der Waals surface area (Å²) in [4.78, 5) is 27.1. The van der Waals surface area contributed by atoms with E-state index in [-0.39, 0.29) is 25.0 Å². The number of carbonyl (C=O) groups is 2. The molecule has 0 aliphatic heterocycles. The molecule has 1 N–H and O–H groups in total. The maximum atomic E-state index is 13.0. The number of ether oxygens (including phenoxy) is 1. The molecule has 0 saturated carbocycles. The fourth-order valence-electron chi connectivity index (χ4n) is 2.65. The van der Waals surface area contributed by atoms with Gasteiger partial charge in [-0.15, -0.1) is 0 Å². The molecule has 0 bridgehead atoms. The minimum absolute atomic E-state index is 0.191. The number of benzene rings is 2. The van der Waals surface area contributed by atoms with Crippen LogP contribution >= 0.6 is 23.2 Å². The minimum atomic E-state index is -0.707. The highest BCUT2D eigenvalue weighted by atomic mass is 35.5. The van der Waals surface area contributed by atoms with Crippen LogP contribution in [0.3, 0.4) is 0 Å². The molecule has 0 unspecified atom stereocenters. The molecule has 0 radical (unpaired) electrons. The lowest BCUT2D eigenvalue weighted by Gasteiger charge is -2.31. The van der Waals surface area contributed by atoms with Crippen LogP contribution in [-0.2, 0) is 16.1 Å². The van der Waals surface area contributed by atoms with E-state index in [9.17, 15) is 9.59 Å². The largest absolute Gasteiger partial charge is 0.484 e. The Kier molecular flexibility index (Phi) is 7.94. The molecule has 7 heteroatoms. The number of halogens is 2. The zero-order valence-corrected chi connectivity index (χ0v) is 18.6. The number of hydrogen-bond acceptors (Lipinski definition) is 3. The predicted octanol–water partition coefficient (Wildman–Crippen LogP) is 4.70. The van der Waals surface area contributed by atoms with Gasteiger partial charge >= 0.3 is 0 Å². The van der Waals surface area contributed by atoms with Gasteiger partial charge in [-0.2, -0.15) is 0 Å². The molecular formula is C22H26Cl2N2O3. The fraction of sp³-hybridized carbons (Fsp3) is 0.364. The van der Waals surface area contributed by atoms with E-state index in [2.05, 4.69) is 5.32 Å². The zero-order chi connectivity index (χ0) is 21.6. The molecule has 2 aromatic rings. The van der Waals surface area contributed by atoms with Crippen molar-refractivity contribution in [2.75, 3.05) is 6.61 Å². The van der Waals surface area contributed by atoms with Crippen molar-refractivity contribution < 1.29 is 14.3 Å². The summed E-state index contributed by atoms with van der Waals surface area (Å²) >= 11 is 12.2. The van der Waals surface area contributed by atoms with E-state index in [1.54, 1.807) is 37.3 Å². The van der Waals surface area contributed by atoms with Gasteiger partial charge in [0, 0.05) is 22.1 Å². The Balaban J connectivity index is 2.19. The topological polar surface area (TPSA) is 58.6 Å². The van der Waals surface area contributed by atoms with Gasteiger partial charge in [0.1, 0.15) is 11.8 Å². The second-order valence-corrected chi connectivity index (χ2v) is 8.62. The van der Waals surface area contributed by atoms with Crippen LogP contribution in [0.25, 0.3) is 0 Å². The molecule has 156 valence electrons. The second-order valence-electron chi connectivity index (χ2n) is 7.77. The lowest BCUT2D eigenvalue weighted by atomic mass is 10.1. The Hall–Kier alpha value is -2.24. The normalized spacial score (nSPS) is 12.2. The summed E-state index contributed by atoms with van der Waals surface area (Å²) in [5, 5.41) is 3.96. The molecule has 0 aromatic heterocycles. The standard InChI is InChI=1S/C22H26Cl2N2O3/c1-15(21(28)25-22(2,3)4)26(13-16-8-5-6-11-19(16)24)20(27)14-29-18-10-7-9-17(23)12-18/h5-12,15H,13-14H2,1-4H3,(H,25,28)/t15-/m0/s1. The van der Waals surface area contributed by atoms with E-state index >= 15 is 0 Å². The summed E-state index contributed by atoms with van der Waals surface area (Å²) in [5.74, 6) is -0.0996. The van der Waals surface area contributed by atoms with Gasteiger partial charge < -0.3 is 15.0 Å². The van der Waals surface area contributed by atoms with Crippen molar-refractivity contribution in [3.63, 3.8) is 0 Å². The first-order chi connectivity index (χ1) is 13.6. The van der Waals surface area contributed by atoms with Crippen LogP contribution < -0.4 is 10.1 Å². The molecule has 0 aliphatic carbocycles. The Labute approximate surface area is 181 Å². The van der Waals surface area contributed by atoms with Gasteiger partial charge in [-0.1, -0.05) is 47.5 Å². The Morgan fingerprint density at radius 1 is 1.10 bits per heavy atom. The highest BCUT2D eigenvalue weighted by molar-refractivity contribution is 6.31. The summed E-state index contributed by atoms with van der Waals surface area (Å²) in [5.41, 5.74) is 0.336. The third-order valence-electron chi connectivity index (χ3n) is 4.12. The molecule has 5 nitrogen and oxygen atoms in total. The highest BCUT2D eigenvalue weighted by Crippen LogP contribution is 2.20. The number of rotatable bonds is 7. The summed E-state index contributed by atoms with van der Waals surface area (Å²) < 4.78 is 5.59. The molecular weight excluding hydrogens is 411 g/mol. The lowest BCUT2D eigenvalue weighted by molar-refractivity contribution is -0.142. The first-order valence-corrected chi connectivity index (χ1v) is 10.1. The van der Waals surface area contributed by atoms with Crippen LogP contribution in [0.5, 0.6) is 5.75 Å². The van der Waals surface area contributed by atoms with Crippen LogP contribution in [0, 0.1) is 0 Å². The minimum Gasteiger partial charge on any atom is -0.484 e. The molecule has 0 fully saturated rings. The van der Waals surface area contributed by atoms with Crippen molar-refractivity contribution in [1.82, 2.24) is 10.2 Å². The summed E-state index contributed by atoms with van der Waals surface area (Å²) in [7, 11) is 0. The van der Waals surface area contributed by atoms with Gasteiger partial charge in [-0.25, -0.2) is 0 Å².